The number of benzene rings is 4. The number of hydrogen-bond acceptors (Lipinski definition) is 3. The third-order valence-corrected chi connectivity index (χ3v) is 6.70. The number of carbonyl (C=O) groups is 2. The first-order chi connectivity index (χ1) is 17.0. The molecule has 0 aromatic heterocycles. The summed E-state index contributed by atoms with van der Waals surface area (Å²) in [4.78, 5) is 25.9. The van der Waals surface area contributed by atoms with Gasteiger partial charge in [0, 0.05) is 11.8 Å². The van der Waals surface area contributed by atoms with E-state index in [1.54, 1.807) is 30.3 Å². The van der Waals surface area contributed by atoms with Crippen LogP contribution in [0.5, 0.6) is 5.75 Å². The number of rotatable bonds is 6. The maximum atomic E-state index is 13.6. The van der Waals surface area contributed by atoms with Crippen LogP contribution in [0, 0.1) is 17.7 Å². The Morgan fingerprint density at radius 1 is 0.657 bits per heavy atom. The van der Waals surface area contributed by atoms with Gasteiger partial charge in [0.05, 0.1) is 11.8 Å². The number of carboxylic acids is 1. The van der Waals surface area contributed by atoms with E-state index in [-0.39, 0.29) is 5.82 Å². The molecule has 1 N–H and O–H groups in total. The summed E-state index contributed by atoms with van der Waals surface area (Å²) in [6.07, 6.45) is 0. The molecule has 0 saturated heterocycles. The average Bonchev–Trinajstić information content (AvgIpc) is 2.85. The monoisotopic (exact) mass is 466 g/mol. The summed E-state index contributed by atoms with van der Waals surface area (Å²) in [6, 6.07) is 31.7. The van der Waals surface area contributed by atoms with Gasteiger partial charge in [0.1, 0.15) is 11.6 Å². The Bertz CT molecular complexity index is 1290. The molecule has 4 aromatic rings. The zero-order valence-corrected chi connectivity index (χ0v) is 18.8. The highest BCUT2D eigenvalue weighted by Gasteiger charge is 2.59. The van der Waals surface area contributed by atoms with Gasteiger partial charge in [-0.05, 0) is 46.5 Å². The summed E-state index contributed by atoms with van der Waals surface area (Å²) < 4.78 is 19.1. The predicted molar refractivity (Wildman–Crippen MR) is 130 cm³/mol. The quantitative estimate of drug-likeness (QED) is 0.268. The van der Waals surface area contributed by atoms with Crippen LogP contribution in [0.25, 0.3) is 11.1 Å². The van der Waals surface area contributed by atoms with E-state index in [0.717, 1.165) is 22.3 Å². The van der Waals surface area contributed by atoms with Crippen LogP contribution in [-0.4, -0.2) is 17.0 Å². The molecule has 35 heavy (non-hydrogen) atoms. The Hall–Kier alpha value is -4.25. The van der Waals surface area contributed by atoms with Gasteiger partial charge in [-0.3, -0.25) is 9.59 Å². The van der Waals surface area contributed by atoms with E-state index >= 15 is 0 Å². The normalized spacial score (nSPS) is 21.1. The van der Waals surface area contributed by atoms with Gasteiger partial charge in [-0.2, -0.15) is 0 Å². The minimum absolute atomic E-state index is 0.326. The van der Waals surface area contributed by atoms with Crippen LogP contribution >= 0.6 is 0 Å². The Morgan fingerprint density at radius 2 is 1.23 bits per heavy atom. The SMILES string of the molecule is O=C(O)C1C(c2ccccc2)C(C(=O)Oc2cccc(-c3ccc(F)cc3)c2)[C@@H]1c1ccccc1. The van der Waals surface area contributed by atoms with Crippen LogP contribution < -0.4 is 4.74 Å². The average molecular weight is 467 g/mol. The van der Waals surface area contributed by atoms with Crippen molar-refractivity contribution in [3.63, 3.8) is 0 Å². The van der Waals surface area contributed by atoms with Crippen molar-refractivity contribution in [2.45, 2.75) is 11.8 Å². The highest BCUT2D eigenvalue weighted by Crippen LogP contribution is 2.58. The molecule has 3 unspecified atom stereocenters. The van der Waals surface area contributed by atoms with Gasteiger partial charge < -0.3 is 9.84 Å². The summed E-state index contributed by atoms with van der Waals surface area (Å²) in [5, 5.41) is 10.1. The summed E-state index contributed by atoms with van der Waals surface area (Å²) in [5.74, 6) is -3.80. The van der Waals surface area contributed by atoms with Crippen LogP contribution in [0.4, 0.5) is 4.39 Å². The molecule has 4 nitrogen and oxygen atoms in total. The molecule has 1 aliphatic rings. The molecule has 0 bridgehead atoms. The lowest BCUT2D eigenvalue weighted by molar-refractivity contribution is -0.158. The van der Waals surface area contributed by atoms with Gasteiger partial charge in [-0.1, -0.05) is 84.9 Å². The van der Waals surface area contributed by atoms with Crippen molar-refractivity contribution in [1.82, 2.24) is 0 Å². The van der Waals surface area contributed by atoms with E-state index in [0.29, 0.717) is 5.75 Å². The third kappa shape index (κ3) is 4.45. The van der Waals surface area contributed by atoms with Crippen molar-refractivity contribution >= 4 is 11.9 Å². The fourth-order valence-corrected chi connectivity index (χ4v) is 5.09. The van der Waals surface area contributed by atoms with Crippen molar-refractivity contribution < 1.29 is 23.8 Å². The Kier molecular flexibility index (Phi) is 6.15. The zero-order chi connectivity index (χ0) is 24.4. The maximum Gasteiger partial charge on any atom is 0.315 e. The van der Waals surface area contributed by atoms with Crippen LogP contribution in [0.1, 0.15) is 23.0 Å². The first-order valence-electron chi connectivity index (χ1n) is 11.4. The largest absolute Gasteiger partial charge is 0.481 e. The molecule has 5 rings (SSSR count). The lowest BCUT2D eigenvalue weighted by Gasteiger charge is -2.48. The third-order valence-electron chi connectivity index (χ3n) is 6.70. The number of carbonyl (C=O) groups excluding carboxylic acids is 1. The second-order valence-electron chi connectivity index (χ2n) is 8.72. The molecule has 174 valence electrons. The topological polar surface area (TPSA) is 63.6 Å². The molecule has 1 fully saturated rings. The number of ether oxygens (including phenoxy) is 1. The Morgan fingerprint density at radius 3 is 1.77 bits per heavy atom. The van der Waals surface area contributed by atoms with Gasteiger partial charge in [0.2, 0.25) is 0 Å². The van der Waals surface area contributed by atoms with E-state index < -0.39 is 35.6 Å². The maximum absolute atomic E-state index is 13.6. The van der Waals surface area contributed by atoms with Gasteiger partial charge in [-0.25, -0.2) is 4.39 Å². The number of halogens is 1. The van der Waals surface area contributed by atoms with Crippen molar-refractivity contribution in [1.29, 1.82) is 0 Å². The second-order valence-corrected chi connectivity index (χ2v) is 8.72. The molecule has 5 heteroatoms. The van der Waals surface area contributed by atoms with Gasteiger partial charge >= 0.3 is 11.9 Å². The van der Waals surface area contributed by atoms with E-state index in [1.165, 1.54) is 12.1 Å². The summed E-state index contributed by atoms with van der Waals surface area (Å²) in [6.45, 7) is 0. The van der Waals surface area contributed by atoms with Gasteiger partial charge in [-0.15, -0.1) is 0 Å². The molecular weight excluding hydrogens is 443 g/mol. The molecule has 1 aliphatic carbocycles. The van der Waals surface area contributed by atoms with Crippen LogP contribution in [0.3, 0.4) is 0 Å². The molecule has 0 heterocycles. The molecule has 0 amide bonds. The Balaban J connectivity index is 1.48. The highest BCUT2D eigenvalue weighted by atomic mass is 19.1. The molecule has 4 atom stereocenters. The fourth-order valence-electron chi connectivity index (χ4n) is 5.09. The van der Waals surface area contributed by atoms with Crippen LogP contribution in [0.2, 0.25) is 0 Å². The lowest BCUT2D eigenvalue weighted by Crippen LogP contribution is -2.52. The highest BCUT2D eigenvalue weighted by molar-refractivity contribution is 5.86. The van der Waals surface area contributed by atoms with E-state index in [2.05, 4.69) is 0 Å². The van der Waals surface area contributed by atoms with E-state index in [9.17, 15) is 19.1 Å². The fraction of sp³-hybridized carbons (Fsp3) is 0.133. The number of aliphatic carboxylic acids is 1. The van der Waals surface area contributed by atoms with Crippen molar-refractivity contribution in [2.24, 2.45) is 11.8 Å². The van der Waals surface area contributed by atoms with Gasteiger partial charge in [0.15, 0.2) is 0 Å². The van der Waals surface area contributed by atoms with Crippen molar-refractivity contribution in [3.8, 4) is 16.9 Å². The molecule has 1 saturated carbocycles. The van der Waals surface area contributed by atoms with Crippen molar-refractivity contribution in [3.05, 3.63) is 126 Å². The lowest BCUT2D eigenvalue weighted by atomic mass is 9.52. The molecule has 0 radical (unpaired) electrons. The Labute approximate surface area is 202 Å². The first kappa shape index (κ1) is 22.5. The van der Waals surface area contributed by atoms with Gasteiger partial charge in [0.25, 0.3) is 0 Å². The summed E-state index contributed by atoms with van der Waals surface area (Å²) >= 11 is 0. The summed E-state index contributed by atoms with van der Waals surface area (Å²) in [7, 11) is 0. The molecule has 0 spiro atoms. The first-order valence-corrected chi connectivity index (χ1v) is 11.4. The number of esters is 1. The zero-order valence-electron chi connectivity index (χ0n) is 18.8. The van der Waals surface area contributed by atoms with Crippen LogP contribution in [0.15, 0.2) is 109 Å². The minimum atomic E-state index is -0.935. The molecule has 0 aliphatic heterocycles. The van der Waals surface area contributed by atoms with E-state index in [1.807, 2.05) is 66.7 Å². The van der Waals surface area contributed by atoms with Crippen molar-refractivity contribution in [2.75, 3.05) is 0 Å². The summed E-state index contributed by atoms with van der Waals surface area (Å²) in [5.41, 5.74) is 3.18. The smallest absolute Gasteiger partial charge is 0.315 e. The standard InChI is InChI=1S/C30H23FO4/c31-23-16-14-19(15-17-23)22-12-7-13-24(18-22)35-30(34)28-25(20-8-3-1-4-9-20)27(29(32)33)26(28)21-10-5-2-6-11-21/h1-18,25-28H,(H,32,33)/t25-,26?,27?,28?/m1/s1. The predicted octanol–water partition coefficient (Wildman–Crippen LogP) is 6.30. The number of carboxylic acid groups (broad SMARTS) is 1. The minimum Gasteiger partial charge on any atom is -0.481 e. The van der Waals surface area contributed by atoms with E-state index in [4.69, 9.17) is 4.74 Å². The molecule has 4 aromatic carbocycles. The molecular formula is C30H23FO4. The number of hydrogen-bond donors (Lipinski definition) is 1. The second kappa shape index (κ2) is 9.55. The van der Waals surface area contributed by atoms with Crippen LogP contribution in [-0.2, 0) is 9.59 Å².